The average molecular weight is 374 g/mol. The van der Waals surface area contributed by atoms with Crippen molar-refractivity contribution < 1.29 is 4.43 Å². The van der Waals surface area contributed by atoms with Gasteiger partial charge < -0.3 is 19.1 Å². The van der Waals surface area contributed by atoms with Gasteiger partial charge in [-0.3, -0.25) is 0 Å². The van der Waals surface area contributed by atoms with Gasteiger partial charge in [-0.15, -0.1) is 0 Å². The maximum Gasteiger partial charge on any atom is 0.190 e. The molecule has 0 spiro atoms. The van der Waals surface area contributed by atoms with Gasteiger partial charge >= 0.3 is 0 Å². The first-order valence-corrected chi connectivity index (χ1v) is 13.5. The molecule has 0 N–H and O–H groups in total. The summed E-state index contributed by atoms with van der Waals surface area (Å²) >= 11 is 0. The highest BCUT2D eigenvalue weighted by Crippen LogP contribution is 2.16. The molecule has 0 aromatic carbocycles. The van der Waals surface area contributed by atoms with Crippen molar-refractivity contribution >= 4 is 8.32 Å². The highest BCUT2D eigenvalue weighted by atomic mass is 28.4. The van der Waals surface area contributed by atoms with Crippen LogP contribution >= 0.6 is 0 Å². The SMILES string of the molecule is CCN(CC)CCCN(CCCN(CC)CC)CC[Si](C)(CC)OC. The van der Waals surface area contributed by atoms with Gasteiger partial charge in [0.25, 0.3) is 0 Å². The van der Waals surface area contributed by atoms with Crippen molar-refractivity contribution in [1.29, 1.82) is 0 Å². The Hall–Kier alpha value is 0.0569. The molecular weight excluding hydrogens is 326 g/mol. The van der Waals surface area contributed by atoms with E-state index in [0.717, 1.165) is 0 Å². The van der Waals surface area contributed by atoms with Gasteiger partial charge in [-0.05, 0) is 90.4 Å². The minimum atomic E-state index is -1.47. The third kappa shape index (κ3) is 11.4. The predicted molar refractivity (Wildman–Crippen MR) is 115 cm³/mol. The lowest BCUT2D eigenvalue weighted by atomic mass is 10.3. The number of hydrogen-bond donors (Lipinski definition) is 0. The van der Waals surface area contributed by atoms with E-state index in [-0.39, 0.29) is 0 Å². The van der Waals surface area contributed by atoms with E-state index in [9.17, 15) is 0 Å². The van der Waals surface area contributed by atoms with Crippen LogP contribution in [0.25, 0.3) is 0 Å². The highest BCUT2D eigenvalue weighted by molar-refractivity contribution is 6.72. The summed E-state index contributed by atoms with van der Waals surface area (Å²) in [4.78, 5) is 7.77. The van der Waals surface area contributed by atoms with Gasteiger partial charge in [0.2, 0.25) is 0 Å². The zero-order chi connectivity index (χ0) is 19.1. The molecule has 0 aliphatic rings. The van der Waals surface area contributed by atoms with E-state index in [2.05, 4.69) is 55.9 Å². The molecule has 0 aliphatic carbocycles. The van der Waals surface area contributed by atoms with Gasteiger partial charge in [0, 0.05) is 7.11 Å². The van der Waals surface area contributed by atoms with Gasteiger partial charge in [0.1, 0.15) is 0 Å². The summed E-state index contributed by atoms with van der Waals surface area (Å²) in [5, 5.41) is 0. The lowest BCUT2D eigenvalue weighted by Crippen LogP contribution is -2.39. The largest absolute Gasteiger partial charge is 0.420 e. The van der Waals surface area contributed by atoms with Gasteiger partial charge in [0.05, 0.1) is 0 Å². The molecular formula is C20H47N3OSi. The third-order valence-electron chi connectivity index (χ3n) is 5.88. The Kier molecular flexibility index (Phi) is 15.2. The van der Waals surface area contributed by atoms with Crippen molar-refractivity contribution in [3.05, 3.63) is 0 Å². The molecule has 0 aromatic rings. The number of nitrogens with zero attached hydrogens (tertiary/aromatic N) is 3. The molecule has 25 heavy (non-hydrogen) atoms. The van der Waals surface area contributed by atoms with Crippen molar-refractivity contribution in [2.24, 2.45) is 0 Å². The normalized spacial score (nSPS) is 14.6. The molecule has 1 unspecified atom stereocenters. The van der Waals surface area contributed by atoms with Crippen LogP contribution < -0.4 is 0 Å². The monoisotopic (exact) mass is 373 g/mol. The fourth-order valence-corrected chi connectivity index (χ4v) is 4.90. The summed E-state index contributed by atoms with van der Waals surface area (Å²) in [6.45, 7) is 24.5. The van der Waals surface area contributed by atoms with Gasteiger partial charge in [-0.1, -0.05) is 34.6 Å². The number of hydrogen-bond acceptors (Lipinski definition) is 4. The maximum absolute atomic E-state index is 5.89. The zero-order valence-corrected chi connectivity index (χ0v) is 19.4. The molecule has 152 valence electrons. The van der Waals surface area contributed by atoms with Crippen molar-refractivity contribution in [2.45, 2.75) is 66.1 Å². The van der Waals surface area contributed by atoms with E-state index in [1.165, 1.54) is 83.8 Å². The second kappa shape index (κ2) is 15.1. The maximum atomic E-state index is 5.89. The quantitative estimate of drug-likeness (QED) is 0.359. The molecule has 0 aliphatic heterocycles. The molecule has 4 nitrogen and oxygen atoms in total. The Labute approximate surface area is 160 Å². The van der Waals surface area contributed by atoms with Crippen LogP contribution in [-0.2, 0) is 4.43 Å². The van der Waals surface area contributed by atoms with Crippen LogP contribution in [0.5, 0.6) is 0 Å². The van der Waals surface area contributed by atoms with E-state index in [4.69, 9.17) is 4.43 Å². The minimum Gasteiger partial charge on any atom is -0.420 e. The molecule has 0 heterocycles. The molecule has 0 amide bonds. The van der Waals surface area contributed by atoms with Crippen LogP contribution in [0.2, 0.25) is 18.6 Å². The first-order valence-electron chi connectivity index (χ1n) is 10.7. The summed E-state index contributed by atoms with van der Waals surface area (Å²) < 4.78 is 5.89. The molecule has 0 saturated carbocycles. The molecule has 0 fully saturated rings. The first-order chi connectivity index (χ1) is 12.0. The molecule has 0 rings (SSSR count). The van der Waals surface area contributed by atoms with Crippen LogP contribution in [-0.4, -0.2) is 89.0 Å². The molecule has 0 bridgehead atoms. The van der Waals surface area contributed by atoms with E-state index in [0.29, 0.717) is 0 Å². The topological polar surface area (TPSA) is 19.0 Å². The summed E-state index contributed by atoms with van der Waals surface area (Å²) in [5.74, 6) is 0. The van der Waals surface area contributed by atoms with Crippen LogP contribution in [0.15, 0.2) is 0 Å². The lowest BCUT2D eigenvalue weighted by Gasteiger charge is -2.30. The molecule has 0 saturated heterocycles. The lowest BCUT2D eigenvalue weighted by molar-refractivity contribution is 0.221. The van der Waals surface area contributed by atoms with Gasteiger partial charge in [-0.25, -0.2) is 0 Å². The standard InChI is InChI=1S/C20H47N3OSi/c1-8-21(9-2)15-13-17-23(18-14-16-22(10-3)11-4)19-20-25(7,12-5)24-6/h8-20H2,1-7H3. The molecule has 0 radical (unpaired) electrons. The van der Waals surface area contributed by atoms with Gasteiger partial charge in [-0.2, -0.15) is 0 Å². The van der Waals surface area contributed by atoms with Gasteiger partial charge in [0.15, 0.2) is 8.32 Å². The van der Waals surface area contributed by atoms with Crippen LogP contribution in [0.1, 0.15) is 47.5 Å². The van der Waals surface area contributed by atoms with Crippen molar-refractivity contribution in [2.75, 3.05) is 66.0 Å². The van der Waals surface area contributed by atoms with Crippen molar-refractivity contribution in [1.82, 2.24) is 14.7 Å². The number of rotatable bonds is 17. The Morgan fingerprint density at radius 2 is 1.04 bits per heavy atom. The summed E-state index contributed by atoms with van der Waals surface area (Å²) in [6.07, 6.45) is 2.56. The van der Waals surface area contributed by atoms with E-state index >= 15 is 0 Å². The smallest absolute Gasteiger partial charge is 0.190 e. The van der Waals surface area contributed by atoms with E-state index < -0.39 is 8.32 Å². The van der Waals surface area contributed by atoms with Crippen LogP contribution in [0.3, 0.4) is 0 Å². The Balaban J connectivity index is 4.43. The second-order valence-corrected chi connectivity index (χ2v) is 11.9. The fourth-order valence-electron chi connectivity index (χ4n) is 3.27. The fraction of sp³-hybridized carbons (Fsp3) is 1.00. The van der Waals surface area contributed by atoms with Crippen LogP contribution in [0.4, 0.5) is 0 Å². The predicted octanol–water partition coefficient (Wildman–Crippen LogP) is 3.99. The third-order valence-corrected chi connectivity index (χ3v) is 9.65. The summed E-state index contributed by atoms with van der Waals surface area (Å²) in [7, 11) is 0.445. The summed E-state index contributed by atoms with van der Waals surface area (Å²) in [6, 6.07) is 2.48. The molecule has 5 heteroatoms. The molecule has 0 aromatic heterocycles. The first kappa shape index (κ1) is 25.1. The van der Waals surface area contributed by atoms with E-state index in [1.807, 2.05) is 7.11 Å². The Morgan fingerprint density at radius 1 is 0.640 bits per heavy atom. The van der Waals surface area contributed by atoms with E-state index in [1.54, 1.807) is 0 Å². The Morgan fingerprint density at radius 3 is 1.36 bits per heavy atom. The van der Waals surface area contributed by atoms with Crippen molar-refractivity contribution in [3.63, 3.8) is 0 Å². The zero-order valence-electron chi connectivity index (χ0n) is 18.4. The second-order valence-electron chi connectivity index (χ2n) is 7.36. The van der Waals surface area contributed by atoms with Crippen LogP contribution in [0, 0.1) is 0 Å². The summed E-state index contributed by atoms with van der Waals surface area (Å²) in [5.41, 5.74) is 0. The average Bonchev–Trinajstić information content (AvgIpc) is 2.65. The minimum absolute atomic E-state index is 1.17. The molecule has 1 atom stereocenters. The Bertz CT molecular complexity index is 275. The highest BCUT2D eigenvalue weighted by Gasteiger charge is 2.25. The van der Waals surface area contributed by atoms with Crippen molar-refractivity contribution in [3.8, 4) is 0 Å².